The van der Waals surface area contributed by atoms with E-state index >= 15 is 8.78 Å². The molecule has 1 aliphatic heterocycles. The highest BCUT2D eigenvalue weighted by atomic mass is 35.5. The molecule has 2 amide bonds. The highest BCUT2D eigenvalue weighted by Crippen LogP contribution is 2.53. The number of ether oxygens (including phenoxy) is 8. The number of aryl methyl sites for hydroxylation is 1. The largest absolute Gasteiger partial charge is 0.496 e. The van der Waals surface area contributed by atoms with Crippen molar-refractivity contribution >= 4 is 69.3 Å². The molecule has 0 spiro atoms. The molecule has 0 bridgehead atoms. The lowest BCUT2D eigenvalue weighted by Gasteiger charge is -2.37. The van der Waals surface area contributed by atoms with Crippen LogP contribution in [0.3, 0.4) is 0 Å². The standard InChI is InChI=1S/C61H70Cl3F2N9O10/c1-37-33-70-47(38(2)54(37)79-7)35-75-34-40(50-55(64)73-59(68)74-56(50)75)10-9-18-80-20-22-82-24-26-84-28-29-85-27-25-83-23-21-81-19-17-69-57(76)39-13-16-46(48(30-39)78-6)71-58(77)53-51(42-11-8-12-44(63)52(42)66)61(36-67,49(72-53)32-60(3,4)5)43-15-14-41(62)31-45(43)65/h8,11-16,30-31,33-34,49,51,53,72H,17-29,32,35H2,1-7H3,(H,69,76)(H,71,77)(H2,68,73,74)/t49-,51-,53+,61-/m0/s1. The normalized spacial score (nSPS) is 16.7. The minimum atomic E-state index is -1.82. The Morgan fingerprint density at radius 3 is 2.14 bits per heavy atom. The van der Waals surface area contributed by atoms with Crippen molar-refractivity contribution in [3.05, 3.63) is 133 Å². The summed E-state index contributed by atoms with van der Waals surface area (Å²) in [6, 6.07) is 12.9. The average molecular weight is 1230 g/mol. The number of amides is 2. The van der Waals surface area contributed by atoms with Gasteiger partial charge in [0.2, 0.25) is 11.9 Å². The van der Waals surface area contributed by atoms with Gasteiger partial charge in [0.25, 0.3) is 5.91 Å². The predicted octanol–water partition coefficient (Wildman–Crippen LogP) is 9.17. The van der Waals surface area contributed by atoms with E-state index in [1.807, 2.05) is 45.4 Å². The second kappa shape index (κ2) is 31.1. The fourth-order valence-electron chi connectivity index (χ4n) is 10.2. The Balaban J connectivity index is 0.754. The van der Waals surface area contributed by atoms with Crippen LogP contribution in [0.4, 0.5) is 20.4 Å². The lowest BCUT2D eigenvalue weighted by molar-refractivity contribution is -0.118. The summed E-state index contributed by atoms with van der Waals surface area (Å²) in [5.74, 6) is 3.13. The SMILES string of the molecule is COc1cc(C(=O)NCCOCCOCCOCCOCCOCCOCC#Cc2cn(Cc3ncc(C)c(OC)c3C)c3nc(N)nc(Cl)c23)ccc1NC(=O)[C@@H]1N[C@@H](CC(C)(C)C)[C@](C#N)(c2ccc(Cl)cc2F)[C@H]1c1cccc(Cl)c1F. The summed E-state index contributed by atoms with van der Waals surface area (Å²) >= 11 is 19.0. The molecule has 6 aromatic rings. The van der Waals surface area contributed by atoms with E-state index in [0.717, 1.165) is 28.6 Å². The van der Waals surface area contributed by atoms with E-state index in [2.05, 4.69) is 48.8 Å². The Morgan fingerprint density at radius 1 is 0.859 bits per heavy atom. The number of nitrogens with zero attached hydrogens (tertiary/aromatic N) is 5. The van der Waals surface area contributed by atoms with Crippen LogP contribution in [0.2, 0.25) is 15.2 Å². The summed E-state index contributed by atoms with van der Waals surface area (Å²) < 4.78 is 78.9. The van der Waals surface area contributed by atoms with Crippen molar-refractivity contribution in [2.24, 2.45) is 5.41 Å². The summed E-state index contributed by atoms with van der Waals surface area (Å²) in [7, 11) is 3.01. The highest BCUT2D eigenvalue weighted by Gasteiger charge is 2.61. The third-order valence-corrected chi connectivity index (χ3v) is 14.8. The van der Waals surface area contributed by atoms with Gasteiger partial charge in [-0.15, -0.1) is 0 Å². The van der Waals surface area contributed by atoms with Gasteiger partial charge in [-0.3, -0.25) is 14.6 Å². The first-order valence-electron chi connectivity index (χ1n) is 27.4. The van der Waals surface area contributed by atoms with Crippen molar-refractivity contribution in [1.29, 1.82) is 5.26 Å². The van der Waals surface area contributed by atoms with Crippen LogP contribution in [-0.2, 0) is 45.2 Å². The van der Waals surface area contributed by atoms with Crippen molar-refractivity contribution in [3.8, 4) is 29.4 Å². The number of carbonyl (C=O) groups is 2. The second-order valence-corrected chi connectivity index (χ2v) is 22.3. The van der Waals surface area contributed by atoms with Gasteiger partial charge in [0, 0.05) is 58.2 Å². The van der Waals surface area contributed by atoms with E-state index < -0.39 is 52.3 Å². The van der Waals surface area contributed by atoms with Gasteiger partial charge in [-0.1, -0.05) is 85.6 Å². The summed E-state index contributed by atoms with van der Waals surface area (Å²) in [5, 5.41) is 20.8. The first-order valence-corrected chi connectivity index (χ1v) is 28.5. The third kappa shape index (κ3) is 16.8. The van der Waals surface area contributed by atoms with E-state index in [-0.39, 0.29) is 69.0 Å². The molecule has 454 valence electrons. The number of nitrogen functional groups attached to an aromatic ring is 1. The Morgan fingerprint density at radius 2 is 1.52 bits per heavy atom. The van der Waals surface area contributed by atoms with E-state index in [4.69, 9.17) is 78.4 Å². The fourth-order valence-corrected chi connectivity index (χ4v) is 10.8. The van der Waals surface area contributed by atoms with Crippen molar-refractivity contribution < 1.29 is 56.3 Å². The third-order valence-electron chi connectivity index (χ3n) is 14.0. The number of nitrogens with one attached hydrogen (secondary N) is 3. The minimum absolute atomic E-state index is 0.0481. The van der Waals surface area contributed by atoms with Gasteiger partial charge in [-0.05, 0) is 67.6 Å². The molecule has 19 nitrogen and oxygen atoms in total. The molecule has 1 aliphatic rings. The Hall–Kier alpha value is -6.73. The molecule has 1 saturated heterocycles. The van der Waals surface area contributed by atoms with Crippen molar-refractivity contribution in [2.75, 3.05) is 111 Å². The summed E-state index contributed by atoms with van der Waals surface area (Å²) in [6.45, 7) is 14.3. The van der Waals surface area contributed by atoms with Gasteiger partial charge in [0.1, 0.15) is 46.0 Å². The van der Waals surface area contributed by atoms with Crippen molar-refractivity contribution in [2.45, 2.75) is 71.0 Å². The van der Waals surface area contributed by atoms with Crippen LogP contribution in [-0.4, -0.2) is 143 Å². The molecule has 0 radical (unpaired) electrons. The lowest BCUT2D eigenvalue weighted by atomic mass is 9.62. The molecular weight excluding hydrogens is 1160 g/mol. The molecule has 0 saturated carbocycles. The van der Waals surface area contributed by atoms with Crippen LogP contribution in [0, 0.1) is 54.1 Å². The predicted molar refractivity (Wildman–Crippen MR) is 320 cm³/mol. The molecule has 0 aliphatic carbocycles. The number of pyridine rings is 1. The fraction of sp³-hybridized carbons (Fsp3) is 0.443. The number of fused-ring (bicyclic) bond motifs is 1. The van der Waals surface area contributed by atoms with Crippen molar-refractivity contribution in [3.63, 3.8) is 0 Å². The number of methoxy groups -OCH3 is 2. The van der Waals surface area contributed by atoms with Crippen LogP contribution in [0.25, 0.3) is 11.0 Å². The maximum Gasteiger partial charge on any atom is 0.251 e. The van der Waals surface area contributed by atoms with Crippen LogP contribution in [0.15, 0.2) is 67.0 Å². The number of anilines is 2. The first-order chi connectivity index (χ1) is 40.8. The molecular formula is C61H70Cl3F2N9O10. The van der Waals surface area contributed by atoms with Crippen LogP contribution >= 0.6 is 34.8 Å². The maximum atomic E-state index is 16.2. The second-order valence-electron chi connectivity index (χ2n) is 21.1. The summed E-state index contributed by atoms with van der Waals surface area (Å²) in [5.41, 5.74) is 7.87. The number of hydrogen-bond acceptors (Lipinski definition) is 16. The Kier molecular flexibility index (Phi) is 24.1. The van der Waals surface area contributed by atoms with Crippen LogP contribution < -0.4 is 31.2 Å². The monoisotopic (exact) mass is 1230 g/mol. The quantitative estimate of drug-likeness (QED) is 0.0195. The molecule has 3 aromatic carbocycles. The van der Waals surface area contributed by atoms with Gasteiger partial charge in [0.05, 0.1) is 133 Å². The average Bonchev–Trinajstić information content (AvgIpc) is 1.76. The molecule has 5 N–H and O–H groups in total. The van der Waals surface area contributed by atoms with Crippen LogP contribution in [0.5, 0.6) is 11.5 Å². The van der Waals surface area contributed by atoms with Gasteiger partial charge in [0.15, 0.2) is 0 Å². The maximum absolute atomic E-state index is 16.2. The molecule has 85 heavy (non-hydrogen) atoms. The number of benzene rings is 3. The smallest absolute Gasteiger partial charge is 0.251 e. The molecule has 4 heterocycles. The van der Waals surface area contributed by atoms with Gasteiger partial charge in [-0.25, -0.2) is 13.8 Å². The molecule has 3 aromatic heterocycles. The molecule has 24 heteroatoms. The Labute approximate surface area is 508 Å². The number of nitriles is 1. The van der Waals surface area contributed by atoms with Gasteiger partial charge in [-0.2, -0.15) is 10.2 Å². The molecule has 4 atom stereocenters. The van der Waals surface area contributed by atoms with Crippen molar-refractivity contribution in [1.82, 2.24) is 30.2 Å². The summed E-state index contributed by atoms with van der Waals surface area (Å²) in [4.78, 5) is 40.9. The summed E-state index contributed by atoms with van der Waals surface area (Å²) in [6.07, 6.45) is 3.91. The number of aromatic nitrogens is 4. The van der Waals surface area contributed by atoms with Crippen LogP contribution in [0.1, 0.15) is 77.0 Å². The molecule has 0 unspecified atom stereocenters. The zero-order chi connectivity index (χ0) is 61.3. The van der Waals surface area contributed by atoms with Gasteiger partial charge < -0.3 is 64.1 Å². The lowest BCUT2D eigenvalue weighted by Crippen LogP contribution is -2.45. The number of halogens is 5. The molecule has 1 fully saturated rings. The number of hydrogen-bond donors (Lipinski definition) is 4. The number of nitrogens with two attached hydrogens (primary N) is 1. The first kappa shape index (κ1) is 65.8. The van der Waals surface area contributed by atoms with E-state index in [0.29, 0.717) is 95.6 Å². The molecule has 7 rings (SSSR count). The van der Waals surface area contributed by atoms with E-state index in [1.165, 1.54) is 55.6 Å². The van der Waals surface area contributed by atoms with E-state index in [1.54, 1.807) is 13.3 Å². The zero-order valence-electron chi connectivity index (χ0n) is 48.5. The van der Waals surface area contributed by atoms with Gasteiger partial charge >= 0.3 is 0 Å². The Bertz CT molecular complexity index is 3410. The minimum Gasteiger partial charge on any atom is -0.496 e. The highest BCUT2D eigenvalue weighted by molar-refractivity contribution is 6.34. The topological polar surface area (TPSA) is 237 Å². The zero-order valence-corrected chi connectivity index (χ0v) is 50.7. The number of carbonyl (C=O) groups excluding carboxylic acids is 2. The number of rotatable bonds is 29. The van der Waals surface area contributed by atoms with E-state index in [9.17, 15) is 14.9 Å².